The molecule has 0 bridgehead atoms. The SMILES string of the molecule is CCCCCCCCCCCCCCCCC(=O)OC[C@H](COC(=O)CCCCCCC)OC(=O)CCCCCCCCCCCCCCCCC(C)CC. The van der Waals surface area contributed by atoms with Crippen LogP contribution in [-0.4, -0.2) is 37.2 Å². The van der Waals surface area contributed by atoms with Gasteiger partial charge in [0, 0.05) is 19.3 Å². The number of unbranched alkanes of at least 4 members (excludes halogenated alkanes) is 30. The molecule has 0 aromatic rings. The minimum Gasteiger partial charge on any atom is -0.462 e. The van der Waals surface area contributed by atoms with Crippen LogP contribution in [0.5, 0.6) is 0 Å². The normalized spacial score (nSPS) is 12.4. The van der Waals surface area contributed by atoms with Crippen LogP contribution >= 0.6 is 0 Å². The summed E-state index contributed by atoms with van der Waals surface area (Å²) in [7, 11) is 0. The van der Waals surface area contributed by atoms with Gasteiger partial charge in [0.2, 0.25) is 0 Å². The van der Waals surface area contributed by atoms with Crippen LogP contribution in [0.1, 0.15) is 272 Å². The largest absolute Gasteiger partial charge is 0.462 e. The Morgan fingerprint density at radius 2 is 0.636 bits per heavy atom. The lowest BCUT2D eigenvalue weighted by atomic mass is 9.99. The first-order valence-corrected chi connectivity index (χ1v) is 24.4. The Morgan fingerprint density at radius 3 is 0.945 bits per heavy atom. The Kier molecular flexibility index (Phi) is 42.3. The Hall–Kier alpha value is -1.59. The molecule has 0 saturated carbocycles. The van der Waals surface area contributed by atoms with Gasteiger partial charge < -0.3 is 14.2 Å². The minimum absolute atomic E-state index is 0.0641. The van der Waals surface area contributed by atoms with Crippen molar-refractivity contribution in [1.29, 1.82) is 0 Å². The van der Waals surface area contributed by atoms with Gasteiger partial charge in [0.15, 0.2) is 6.10 Å². The van der Waals surface area contributed by atoms with Crippen molar-refractivity contribution in [2.45, 2.75) is 278 Å². The van der Waals surface area contributed by atoms with E-state index in [1.807, 2.05) is 0 Å². The summed E-state index contributed by atoms with van der Waals surface area (Å²) in [6, 6.07) is 0. The Labute approximate surface area is 342 Å². The number of carbonyl (C=O) groups excluding carboxylic acids is 3. The molecule has 0 aliphatic heterocycles. The van der Waals surface area contributed by atoms with Crippen molar-refractivity contribution in [2.24, 2.45) is 5.92 Å². The molecular formula is C49H94O6. The van der Waals surface area contributed by atoms with Gasteiger partial charge in [-0.2, -0.15) is 0 Å². The fourth-order valence-electron chi connectivity index (χ4n) is 7.30. The maximum Gasteiger partial charge on any atom is 0.306 e. The summed E-state index contributed by atoms with van der Waals surface area (Å²) >= 11 is 0. The molecule has 0 aliphatic carbocycles. The van der Waals surface area contributed by atoms with E-state index in [1.54, 1.807) is 0 Å². The molecule has 0 aromatic heterocycles. The van der Waals surface area contributed by atoms with E-state index in [9.17, 15) is 14.4 Å². The fourth-order valence-corrected chi connectivity index (χ4v) is 7.30. The van der Waals surface area contributed by atoms with Crippen molar-refractivity contribution >= 4 is 17.9 Å². The van der Waals surface area contributed by atoms with E-state index in [-0.39, 0.29) is 31.1 Å². The lowest BCUT2D eigenvalue weighted by molar-refractivity contribution is -0.167. The molecule has 0 heterocycles. The topological polar surface area (TPSA) is 78.9 Å². The van der Waals surface area contributed by atoms with Crippen molar-refractivity contribution in [3.05, 3.63) is 0 Å². The van der Waals surface area contributed by atoms with Crippen molar-refractivity contribution in [3.63, 3.8) is 0 Å². The third kappa shape index (κ3) is 41.9. The highest BCUT2D eigenvalue weighted by Gasteiger charge is 2.19. The summed E-state index contributed by atoms with van der Waals surface area (Å²) in [5, 5.41) is 0. The second-order valence-corrected chi connectivity index (χ2v) is 17.0. The molecule has 55 heavy (non-hydrogen) atoms. The quantitative estimate of drug-likeness (QED) is 0.0348. The first-order valence-electron chi connectivity index (χ1n) is 24.4. The van der Waals surface area contributed by atoms with Crippen LogP contribution < -0.4 is 0 Å². The summed E-state index contributed by atoms with van der Waals surface area (Å²) < 4.78 is 16.7. The third-order valence-electron chi connectivity index (χ3n) is 11.4. The average molecular weight is 779 g/mol. The van der Waals surface area contributed by atoms with E-state index in [2.05, 4.69) is 27.7 Å². The van der Waals surface area contributed by atoms with Crippen molar-refractivity contribution in [3.8, 4) is 0 Å². The molecule has 0 rings (SSSR count). The number of esters is 3. The van der Waals surface area contributed by atoms with Crippen molar-refractivity contribution in [1.82, 2.24) is 0 Å². The molecule has 0 fully saturated rings. The summed E-state index contributed by atoms with van der Waals surface area (Å²) in [4.78, 5) is 37.6. The van der Waals surface area contributed by atoms with Crippen molar-refractivity contribution < 1.29 is 28.6 Å². The molecule has 0 radical (unpaired) electrons. The van der Waals surface area contributed by atoms with Crippen LogP contribution in [0, 0.1) is 5.92 Å². The number of ether oxygens (including phenoxy) is 3. The first-order chi connectivity index (χ1) is 26.9. The highest BCUT2D eigenvalue weighted by atomic mass is 16.6. The molecule has 0 amide bonds. The maximum absolute atomic E-state index is 12.7. The van der Waals surface area contributed by atoms with Gasteiger partial charge >= 0.3 is 17.9 Å². The molecular weight excluding hydrogens is 685 g/mol. The highest BCUT2D eigenvalue weighted by molar-refractivity contribution is 5.71. The fraction of sp³-hybridized carbons (Fsp3) is 0.939. The number of hydrogen-bond donors (Lipinski definition) is 0. The highest BCUT2D eigenvalue weighted by Crippen LogP contribution is 2.17. The number of rotatable bonds is 44. The van der Waals surface area contributed by atoms with Crippen LogP contribution in [0.2, 0.25) is 0 Å². The van der Waals surface area contributed by atoms with Gasteiger partial charge in [0.05, 0.1) is 0 Å². The Balaban J connectivity index is 4.14. The summed E-state index contributed by atoms with van der Waals surface area (Å²) in [6.07, 6.45) is 44.0. The summed E-state index contributed by atoms with van der Waals surface area (Å²) in [5.41, 5.74) is 0. The smallest absolute Gasteiger partial charge is 0.306 e. The van der Waals surface area contributed by atoms with E-state index >= 15 is 0 Å². The predicted octanol–water partition coefficient (Wildman–Crippen LogP) is 15.5. The van der Waals surface area contributed by atoms with Gasteiger partial charge in [-0.25, -0.2) is 0 Å². The van der Waals surface area contributed by atoms with Crippen LogP contribution in [0.3, 0.4) is 0 Å². The number of carbonyl (C=O) groups is 3. The lowest BCUT2D eigenvalue weighted by Gasteiger charge is -2.18. The van der Waals surface area contributed by atoms with E-state index in [0.29, 0.717) is 19.3 Å². The van der Waals surface area contributed by atoms with Gasteiger partial charge in [-0.15, -0.1) is 0 Å². The second kappa shape index (κ2) is 43.5. The summed E-state index contributed by atoms with van der Waals surface area (Å²) in [6.45, 7) is 8.98. The van der Waals surface area contributed by atoms with Gasteiger partial charge in [-0.05, 0) is 25.2 Å². The number of hydrogen-bond acceptors (Lipinski definition) is 6. The monoisotopic (exact) mass is 779 g/mol. The Bertz CT molecular complexity index is 828. The minimum atomic E-state index is -0.758. The zero-order chi connectivity index (χ0) is 40.3. The zero-order valence-electron chi connectivity index (χ0n) is 37.4. The van der Waals surface area contributed by atoms with Gasteiger partial charge in [-0.3, -0.25) is 14.4 Å². The molecule has 0 spiro atoms. The molecule has 0 saturated heterocycles. The first kappa shape index (κ1) is 53.4. The van der Waals surface area contributed by atoms with Crippen molar-refractivity contribution in [2.75, 3.05) is 13.2 Å². The maximum atomic E-state index is 12.7. The second-order valence-electron chi connectivity index (χ2n) is 17.0. The van der Waals surface area contributed by atoms with Gasteiger partial charge in [0.25, 0.3) is 0 Å². The van der Waals surface area contributed by atoms with Gasteiger partial charge in [-0.1, -0.05) is 233 Å². The molecule has 6 nitrogen and oxygen atoms in total. The molecule has 0 aromatic carbocycles. The third-order valence-corrected chi connectivity index (χ3v) is 11.4. The van der Waals surface area contributed by atoms with E-state index in [0.717, 1.165) is 70.1 Å². The van der Waals surface area contributed by atoms with E-state index in [1.165, 1.54) is 161 Å². The van der Waals surface area contributed by atoms with Crippen LogP contribution in [-0.2, 0) is 28.6 Å². The van der Waals surface area contributed by atoms with Crippen LogP contribution in [0.15, 0.2) is 0 Å². The predicted molar refractivity (Wildman–Crippen MR) is 233 cm³/mol. The van der Waals surface area contributed by atoms with E-state index in [4.69, 9.17) is 14.2 Å². The average Bonchev–Trinajstić information content (AvgIpc) is 3.18. The molecule has 0 aliphatic rings. The van der Waals surface area contributed by atoms with Gasteiger partial charge in [0.1, 0.15) is 13.2 Å². The molecule has 0 N–H and O–H groups in total. The van der Waals surface area contributed by atoms with E-state index < -0.39 is 6.10 Å². The lowest BCUT2D eigenvalue weighted by Crippen LogP contribution is -2.30. The standard InChI is InChI=1S/C49H94O6/c1-5-8-10-12-13-14-15-16-20-23-26-29-33-37-41-48(51)54-44-46(43-53-47(50)40-36-31-11-9-6-2)55-49(52)42-38-34-30-27-24-21-18-17-19-22-25-28-32-35-39-45(4)7-3/h45-46H,5-44H2,1-4H3/t45?,46-/m0/s1. The zero-order valence-corrected chi connectivity index (χ0v) is 37.4. The molecule has 6 heteroatoms. The molecule has 2 atom stereocenters. The van der Waals surface area contributed by atoms with Crippen LogP contribution in [0.25, 0.3) is 0 Å². The molecule has 326 valence electrons. The molecule has 1 unspecified atom stereocenters. The Morgan fingerprint density at radius 1 is 0.364 bits per heavy atom. The van der Waals surface area contributed by atoms with Crippen LogP contribution in [0.4, 0.5) is 0 Å². The summed E-state index contributed by atoms with van der Waals surface area (Å²) in [5.74, 6) is 0.0316.